The molecule has 1 N–H and O–H groups in total. The fourth-order valence-corrected chi connectivity index (χ4v) is 1.94. The molecule has 1 atom stereocenters. The van der Waals surface area contributed by atoms with Gasteiger partial charge in [0, 0.05) is 22.8 Å². The SMILES string of the molecule is CS(=O)CCCNC1COC(C)(C)OC1. The number of ether oxygens (including phenoxy) is 2. The summed E-state index contributed by atoms with van der Waals surface area (Å²) in [7, 11) is -0.687. The van der Waals surface area contributed by atoms with E-state index in [0.29, 0.717) is 13.2 Å². The molecule has 1 aliphatic heterocycles. The van der Waals surface area contributed by atoms with Gasteiger partial charge in [0.15, 0.2) is 5.79 Å². The molecule has 0 aliphatic carbocycles. The van der Waals surface area contributed by atoms with E-state index in [4.69, 9.17) is 9.47 Å². The Bertz CT molecular complexity index is 211. The van der Waals surface area contributed by atoms with Gasteiger partial charge in [-0.25, -0.2) is 0 Å². The van der Waals surface area contributed by atoms with Gasteiger partial charge in [-0.1, -0.05) is 0 Å². The molecule has 0 aromatic carbocycles. The van der Waals surface area contributed by atoms with E-state index < -0.39 is 16.6 Å². The standard InChI is InChI=1S/C10H21NO3S/c1-10(2)13-7-9(8-14-10)11-5-4-6-15(3)12/h9,11H,4-8H2,1-3H3. The zero-order valence-corrected chi connectivity index (χ0v) is 10.6. The second kappa shape index (κ2) is 5.94. The molecule has 1 fully saturated rings. The van der Waals surface area contributed by atoms with Crippen LogP contribution in [0.4, 0.5) is 0 Å². The van der Waals surface area contributed by atoms with Crippen LogP contribution in [-0.4, -0.2) is 47.8 Å². The van der Waals surface area contributed by atoms with Crippen LogP contribution in [0.15, 0.2) is 0 Å². The Kier molecular flexibility index (Phi) is 5.18. The van der Waals surface area contributed by atoms with Gasteiger partial charge < -0.3 is 14.8 Å². The zero-order valence-electron chi connectivity index (χ0n) is 9.75. The van der Waals surface area contributed by atoms with Gasteiger partial charge in [0.2, 0.25) is 0 Å². The van der Waals surface area contributed by atoms with E-state index in [-0.39, 0.29) is 6.04 Å². The molecular formula is C10H21NO3S. The van der Waals surface area contributed by atoms with Crippen LogP contribution in [0.5, 0.6) is 0 Å². The molecule has 1 aliphatic rings. The van der Waals surface area contributed by atoms with Gasteiger partial charge in [0.1, 0.15) is 0 Å². The van der Waals surface area contributed by atoms with Crippen molar-refractivity contribution in [3.63, 3.8) is 0 Å². The molecule has 1 heterocycles. The van der Waals surface area contributed by atoms with Crippen molar-refractivity contribution in [2.45, 2.75) is 32.1 Å². The lowest BCUT2D eigenvalue weighted by molar-refractivity contribution is -0.252. The van der Waals surface area contributed by atoms with E-state index in [9.17, 15) is 4.21 Å². The van der Waals surface area contributed by atoms with Crippen molar-refractivity contribution >= 4 is 10.8 Å². The highest BCUT2D eigenvalue weighted by Gasteiger charge is 2.27. The van der Waals surface area contributed by atoms with Crippen molar-refractivity contribution in [1.29, 1.82) is 0 Å². The molecule has 0 bridgehead atoms. The van der Waals surface area contributed by atoms with Crippen molar-refractivity contribution in [2.24, 2.45) is 0 Å². The van der Waals surface area contributed by atoms with E-state index in [1.165, 1.54) is 0 Å². The zero-order chi connectivity index (χ0) is 11.3. The summed E-state index contributed by atoms with van der Waals surface area (Å²) in [5, 5.41) is 3.33. The molecule has 4 nitrogen and oxygen atoms in total. The molecule has 5 heteroatoms. The summed E-state index contributed by atoms with van der Waals surface area (Å²) in [6.07, 6.45) is 2.67. The molecule has 0 aromatic rings. The monoisotopic (exact) mass is 235 g/mol. The quantitative estimate of drug-likeness (QED) is 0.705. The normalized spacial score (nSPS) is 23.9. The second-order valence-electron chi connectivity index (χ2n) is 4.30. The fourth-order valence-electron chi connectivity index (χ4n) is 1.39. The van der Waals surface area contributed by atoms with Gasteiger partial charge in [-0.2, -0.15) is 0 Å². The number of nitrogens with one attached hydrogen (secondary N) is 1. The van der Waals surface area contributed by atoms with Crippen LogP contribution >= 0.6 is 0 Å². The third-order valence-electron chi connectivity index (χ3n) is 2.31. The maximum atomic E-state index is 10.8. The van der Waals surface area contributed by atoms with Crippen LogP contribution in [0.1, 0.15) is 20.3 Å². The van der Waals surface area contributed by atoms with E-state index >= 15 is 0 Å². The smallest absolute Gasteiger partial charge is 0.162 e. The molecule has 1 saturated heterocycles. The Hall–Kier alpha value is 0.0300. The Labute approximate surface area is 94.2 Å². The largest absolute Gasteiger partial charge is 0.349 e. The van der Waals surface area contributed by atoms with Gasteiger partial charge in [0.05, 0.1) is 19.3 Å². The van der Waals surface area contributed by atoms with Crippen LogP contribution in [0, 0.1) is 0 Å². The highest BCUT2D eigenvalue weighted by Crippen LogP contribution is 2.16. The Morgan fingerprint density at radius 3 is 2.53 bits per heavy atom. The summed E-state index contributed by atoms with van der Waals surface area (Å²) in [5.41, 5.74) is 0. The van der Waals surface area contributed by atoms with Crippen molar-refractivity contribution in [3.05, 3.63) is 0 Å². The lowest BCUT2D eigenvalue weighted by atomic mass is 10.2. The van der Waals surface area contributed by atoms with Gasteiger partial charge in [-0.15, -0.1) is 0 Å². The van der Waals surface area contributed by atoms with E-state index in [2.05, 4.69) is 5.32 Å². The minimum atomic E-state index is -0.687. The van der Waals surface area contributed by atoms with Crippen molar-refractivity contribution < 1.29 is 13.7 Å². The van der Waals surface area contributed by atoms with Crippen molar-refractivity contribution in [2.75, 3.05) is 31.8 Å². The van der Waals surface area contributed by atoms with Gasteiger partial charge in [0.25, 0.3) is 0 Å². The van der Waals surface area contributed by atoms with E-state index in [1.807, 2.05) is 13.8 Å². The maximum absolute atomic E-state index is 10.8. The molecule has 15 heavy (non-hydrogen) atoms. The van der Waals surface area contributed by atoms with Gasteiger partial charge in [-0.3, -0.25) is 4.21 Å². The van der Waals surface area contributed by atoms with Crippen LogP contribution in [0.2, 0.25) is 0 Å². The summed E-state index contributed by atoms with van der Waals surface area (Å²) < 4.78 is 21.8. The molecule has 0 amide bonds. The minimum absolute atomic E-state index is 0.267. The first-order valence-corrected chi connectivity index (χ1v) is 7.04. The average Bonchev–Trinajstić information content (AvgIpc) is 2.14. The number of rotatable bonds is 5. The maximum Gasteiger partial charge on any atom is 0.162 e. The second-order valence-corrected chi connectivity index (χ2v) is 5.86. The van der Waals surface area contributed by atoms with E-state index in [1.54, 1.807) is 6.26 Å². The molecule has 90 valence electrons. The van der Waals surface area contributed by atoms with Crippen molar-refractivity contribution in [1.82, 2.24) is 5.32 Å². The highest BCUT2D eigenvalue weighted by molar-refractivity contribution is 7.84. The first-order valence-electron chi connectivity index (χ1n) is 5.31. The lowest BCUT2D eigenvalue weighted by Gasteiger charge is -2.35. The molecule has 0 radical (unpaired) electrons. The van der Waals surface area contributed by atoms with Gasteiger partial charge >= 0.3 is 0 Å². The van der Waals surface area contributed by atoms with Crippen LogP contribution in [0.25, 0.3) is 0 Å². The van der Waals surface area contributed by atoms with Crippen LogP contribution in [0.3, 0.4) is 0 Å². The third-order valence-corrected chi connectivity index (χ3v) is 3.17. The minimum Gasteiger partial charge on any atom is -0.349 e. The summed E-state index contributed by atoms with van der Waals surface area (Å²) in [6.45, 7) is 6.08. The predicted molar refractivity (Wildman–Crippen MR) is 61.3 cm³/mol. The highest BCUT2D eigenvalue weighted by atomic mass is 32.2. The van der Waals surface area contributed by atoms with Crippen LogP contribution < -0.4 is 5.32 Å². The molecule has 0 aromatic heterocycles. The first kappa shape index (κ1) is 13.1. The Balaban J connectivity index is 2.06. The lowest BCUT2D eigenvalue weighted by Crippen LogP contribution is -2.48. The molecule has 1 unspecified atom stereocenters. The summed E-state index contributed by atoms with van der Waals surface area (Å²) in [5.74, 6) is 0.315. The molecule has 0 saturated carbocycles. The van der Waals surface area contributed by atoms with Crippen molar-refractivity contribution in [3.8, 4) is 0 Å². The third kappa shape index (κ3) is 5.61. The van der Waals surface area contributed by atoms with Crippen LogP contribution in [-0.2, 0) is 20.3 Å². The summed E-state index contributed by atoms with van der Waals surface area (Å²) in [4.78, 5) is 0. The number of hydrogen-bond acceptors (Lipinski definition) is 4. The number of hydrogen-bond donors (Lipinski definition) is 1. The van der Waals surface area contributed by atoms with Gasteiger partial charge in [-0.05, 0) is 26.8 Å². The first-order chi connectivity index (χ1) is 6.99. The fraction of sp³-hybridized carbons (Fsp3) is 1.00. The summed E-state index contributed by atoms with van der Waals surface area (Å²) >= 11 is 0. The summed E-state index contributed by atoms with van der Waals surface area (Å²) in [6, 6.07) is 0.267. The Morgan fingerprint density at radius 2 is 2.00 bits per heavy atom. The molecular weight excluding hydrogens is 214 g/mol. The topological polar surface area (TPSA) is 47.6 Å². The van der Waals surface area contributed by atoms with E-state index in [0.717, 1.165) is 18.7 Å². The average molecular weight is 235 g/mol. The molecule has 0 spiro atoms. The molecule has 1 rings (SSSR count). The Morgan fingerprint density at radius 1 is 1.40 bits per heavy atom. The predicted octanol–water partition coefficient (Wildman–Crippen LogP) is 0.496.